The van der Waals surface area contributed by atoms with Gasteiger partial charge in [0.15, 0.2) is 21.4 Å². The van der Waals surface area contributed by atoms with E-state index in [1.54, 1.807) is 0 Å². The molecule has 0 saturated carbocycles. The summed E-state index contributed by atoms with van der Waals surface area (Å²) in [6.45, 7) is 5.67. The van der Waals surface area contributed by atoms with Crippen LogP contribution in [0.4, 0.5) is 33.3 Å². The van der Waals surface area contributed by atoms with Crippen LogP contribution in [0, 0.1) is 13.0 Å². The monoisotopic (exact) mass is 720 g/mol. The fourth-order valence-electron chi connectivity index (χ4n) is 3.83. The Balaban J connectivity index is 1.91. The average Bonchev–Trinajstić information content (AvgIpc) is 2.96. The normalized spacial score (nSPS) is 12.4. The molecular weight excluding hydrogens is 692 g/mol. The highest BCUT2D eigenvalue weighted by molar-refractivity contribution is 7.94. The van der Waals surface area contributed by atoms with E-state index in [1.165, 1.54) is 13.8 Å². The second-order valence-corrected chi connectivity index (χ2v) is 14.3. The molecule has 0 aliphatic carbocycles. The number of nitrogens with one attached hydrogen (secondary N) is 2. The predicted molar refractivity (Wildman–Crippen MR) is 165 cm³/mol. The molecule has 47 heavy (non-hydrogen) atoms. The number of halogens is 1. The number of aromatic hydroxyl groups is 1. The zero-order valence-corrected chi connectivity index (χ0v) is 27.1. The van der Waals surface area contributed by atoms with Crippen LogP contribution in [0.25, 0.3) is 0 Å². The van der Waals surface area contributed by atoms with Crippen molar-refractivity contribution >= 4 is 59.0 Å². The van der Waals surface area contributed by atoms with E-state index in [2.05, 4.69) is 42.4 Å². The number of sulfone groups is 1. The molecule has 19 nitrogen and oxygen atoms in total. The maximum absolute atomic E-state index is 14.1. The Morgan fingerprint density at radius 3 is 2.36 bits per heavy atom. The molecule has 0 unspecified atom stereocenters. The highest BCUT2D eigenvalue weighted by Crippen LogP contribution is 2.32. The molecule has 23 heteroatoms. The van der Waals surface area contributed by atoms with Gasteiger partial charge >= 0.3 is 6.08 Å². The van der Waals surface area contributed by atoms with Crippen molar-refractivity contribution in [3.8, 4) is 5.88 Å². The smallest absolute Gasteiger partial charge is 0.315 e. The molecule has 0 spiro atoms. The lowest BCUT2D eigenvalue weighted by Crippen LogP contribution is -2.22. The van der Waals surface area contributed by atoms with Crippen LogP contribution in [0.3, 0.4) is 0 Å². The van der Waals surface area contributed by atoms with Crippen LogP contribution in [0.2, 0.25) is 0 Å². The lowest BCUT2D eigenvalue weighted by molar-refractivity contribution is 0.159. The Hall–Kier alpha value is -4.42. The second-order valence-electron chi connectivity index (χ2n) is 9.36. The van der Waals surface area contributed by atoms with Gasteiger partial charge in [0.05, 0.1) is 19.0 Å². The molecule has 0 atom stereocenters. The van der Waals surface area contributed by atoms with E-state index in [9.17, 15) is 48.7 Å². The SMILES string of the molecule is C=CS(=O)(=O)CCOCCNc1nc(F)nc(Nc2ccc(S(=O)(=O)O)c(N=Nc3c(C)c(CS(=O)(=O)O)c(O)n(CC)c3=O)c2)n1. The number of azo groups is 1. The minimum absolute atomic E-state index is 0.00452. The fraction of sp³-hybridized carbons (Fsp3) is 0.333. The Kier molecular flexibility index (Phi) is 11.8. The van der Waals surface area contributed by atoms with Gasteiger partial charge in [0.2, 0.25) is 11.9 Å². The first-order valence-electron chi connectivity index (χ1n) is 13.1. The topological polar surface area (TPSA) is 282 Å². The summed E-state index contributed by atoms with van der Waals surface area (Å²) in [6, 6.07) is 3.08. The summed E-state index contributed by atoms with van der Waals surface area (Å²) in [5, 5.41) is 24.0. The van der Waals surface area contributed by atoms with Crippen molar-refractivity contribution in [2.24, 2.45) is 10.2 Å². The van der Waals surface area contributed by atoms with Gasteiger partial charge in [0, 0.05) is 29.7 Å². The van der Waals surface area contributed by atoms with Gasteiger partial charge < -0.3 is 20.5 Å². The lowest BCUT2D eigenvalue weighted by Gasteiger charge is -2.14. The summed E-state index contributed by atoms with van der Waals surface area (Å²) >= 11 is 0. The van der Waals surface area contributed by atoms with Crippen molar-refractivity contribution in [1.82, 2.24) is 19.5 Å². The molecule has 0 radical (unpaired) electrons. The van der Waals surface area contributed by atoms with E-state index in [-0.39, 0.29) is 60.8 Å². The number of benzene rings is 1. The summed E-state index contributed by atoms with van der Waals surface area (Å²) in [5.41, 5.74) is -2.52. The maximum atomic E-state index is 14.1. The van der Waals surface area contributed by atoms with E-state index in [4.69, 9.17) is 4.74 Å². The van der Waals surface area contributed by atoms with Crippen molar-refractivity contribution in [3.63, 3.8) is 0 Å². The Morgan fingerprint density at radius 1 is 1.06 bits per heavy atom. The van der Waals surface area contributed by atoms with Gasteiger partial charge in [-0.3, -0.25) is 18.5 Å². The zero-order valence-electron chi connectivity index (χ0n) is 24.7. The number of nitrogens with zero attached hydrogens (tertiary/aromatic N) is 6. The largest absolute Gasteiger partial charge is 0.494 e. The van der Waals surface area contributed by atoms with Gasteiger partial charge in [-0.05, 0) is 37.6 Å². The van der Waals surface area contributed by atoms with Crippen LogP contribution in [0.15, 0.2) is 50.1 Å². The summed E-state index contributed by atoms with van der Waals surface area (Å²) in [5.74, 6) is -2.69. The molecule has 0 aliphatic heterocycles. The van der Waals surface area contributed by atoms with Gasteiger partial charge in [0.25, 0.3) is 25.8 Å². The molecule has 2 heterocycles. The Morgan fingerprint density at radius 2 is 1.74 bits per heavy atom. The van der Waals surface area contributed by atoms with Crippen LogP contribution < -0.4 is 16.2 Å². The van der Waals surface area contributed by atoms with E-state index in [0.29, 0.717) is 0 Å². The molecule has 3 aromatic rings. The fourth-order valence-corrected chi connectivity index (χ4v) is 5.66. The van der Waals surface area contributed by atoms with Gasteiger partial charge in [-0.1, -0.05) is 6.58 Å². The molecule has 0 amide bonds. The summed E-state index contributed by atoms with van der Waals surface area (Å²) < 4.78 is 109. The molecule has 1 aromatic carbocycles. The van der Waals surface area contributed by atoms with Crippen molar-refractivity contribution < 1.29 is 48.6 Å². The second kappa shape index (κ2) is 15.0. The third-order valence-corrected chi connectivity index (χ3v) is 8.88. The van der Waals surface area contributed by atoms with Gasteiger partial charge in [-0.15, -0.1) is 10.2 Å². The number of ether oxygens (including phenoxy) is 1. The van der Waals surface area contributed by atoms with Gasteiger partial charge in [-0.25, -0.2) is 8.42 Å². The van der Waals surface area contributed by atoms with E-state index in [1.807, 2.05) is 0 Å². The third kappa shape index (κ3) is 10.3. The molecular formula is C24H29FN8O11S3. The third-order valence-electron chi connectivity index (χ3n) is 6.08. The lowest BCUT2D eigenvalue weighted by atomic mass is 10.1. The molecule has 2 aromatic heterocycles. The molecule has 5 N–H and O–H groups in total. The van der Waals surface area contributed by atoms with Crippen molar-refractivity contribution in [3.05, 3.63) is 57.7 Å². The number of anilines is 3. The highest BCUT2D eigenvalue weighted by Gasteiger charge is 2.23. The van der Waals surface area contributed by atoms with Gasteiger partial charge in [0.1, 0.15) is 16.3 Å². The van der Waals surface area contributed by atoms with Crippen LogP contribution in [-0.2, 0) is 47.1 Å². The molecule has 0 saturated heterocycles. The number of hydrogen-bond acceptors (Lipinski definition) is 16. The van der Waals surface area contributed by atoms with Crippen molar-refractivity contribution in [2.45, 2.75) is 31.0 Å². The van der Waals surface area contributed by atoms with Crippen LogP contribution in [0.1, 0.15) is 18.1 Å². The average molecular weight is 721 g/mol. The first-order chi connectivity index (χ1) is 21.8. The van der Waals surface area contributed by atoms with E-state index < -0.39 is 69.6 Å². The van der Waals surface area contributed by atoms with Gasteiger partial charge in [-0.2, -0.15) is 36.2 Å². The predicted octanol–water partition coefficient (Wildman–Crippen LogP) is 1.99. The maximum Gasteiger partial charge on any atom is 0.315 e. The molecule has 256 valence electrons. The van der Waals surface area contributed by atoms with E-state index >= 15 is 0 Å². The first kappa shape index (κ1) is 37.0. The zero-order chi connectivity index (χ0) is 35.2. The van der Waals surface area contributed by atoms with Crippen LogP contribution >= 0.6 is 0 Å². The first-order valence-corrected chi connectivity index (χ1v) is 17.9. The Labute approximate surface area is 267 Å². The Bertz CT molecular complexity index is 2090. The molecule has 3 rings (SSSR count). The summed E-state index contributed by atoms with van der Waals surface area (Å²) in [7, 11) is -13.0. The molecule has 0 fully saturated rings. The van der Waals surface area contributed by atoms with E-state index in [0.717, 1.165) is 28.2 Å². The minimum atomic E-state index is -4.92. The van der Waals surface area contributed by atoms with Crippen molar-refractivity contribution in [1.29, 1.82) is 0 Å². The van der Waals surface area contributed by atoms with Crippen LogP contribution in [-0.4, -0.2) is 84.5 Å². The number of rotatable bonds is 16. The quantitative estimate of drug-likeness (QED) is 0.0803. The standard InChI is InChI=1S/C24H29FN8O11S3/c1-4-33-20(34)16(13-46(38,39)40)14(3)19(21(33)35)32-31-17-12-15(6-7-18(17)47(41,42)43)27-24-29-22(25)28-23(30-24)26-8-9-44-10-11-45(36,37)5-2/h5-7,12,34H,2,4,8-11,13H2,1,3H3,(H,38,39,40)(H,41,42,43)(H2,26,27,28,29,30). The minimum Gasteiger partial charge on any atom is -0.494 e. The number of pyridine rings is 1. The number of hydrogen-bond donors (Lipinski definition) is 5. The van der Waals surface area contributed by atoms with Crippen LogP contribution in [0.5, 0.6) is 5.88 Å². The highest BCUT2D eigenvalue weighted by atomic mass is 32.2. The van der Waals surface area contributed by atoms with Crippen molar-refractivity contribution in [2.75, 3.05) is 36.1 Å². The summed E-state index contributed by atoms with van der Waals surface area (Å²) in [6.07, 6.45) is -1.21. The molecule has 0 aliphatic rings. The summed E-state index contributed by atoms with van der Waals surface area (Å²) in [4.78, 5) is 23.2. The molecule has 0 bridgehead atoms. The number of aromatic nitrogens is 4.